The van der Waals surface area contributed by atoms with Crippen LogP contribution in [-0.4, -0.2) is 22.8 Å². The number of aromatic nitrogens is 3. The van der Waals surface area contributed by atoms with Crippen molar-refractivity contribution in [1.29, 1.82) is 0 Å². The van der Waals surface area contributed by atoms with Crippen LogP contribution in [0.1, 0.15) is 0 Å². The van der Waals surface area contributed by atoms with Crippen LogP contribution in [0.4, 0.5) is 14.6 Å². The first-order valence-corrected chi connectivity index (χ1v) is 12.5. The molecule has 7 nitrogen and oxygen atoms in total. The first-order chi connectivity index (χ1) is 17.2. The molecule has 0 saturated heterocycles. The van der Waals surface area contributed by atoms with Crippen LogP contribution in [0.25, 0.3) is 16.9 Å². The number of imidazole rings is 1. The predicted octanol–water partition coefficient (Wildman–Crippen LogP) is 6.57. The number of halogens is 4. The van der Waals surface area contributed by atoms with Crippen molar-refractivity contribution < 1.29 is 21.9 Å². The Kier molecular flexibility index (Phi) is 6.25. The summed E-state index contributed by atoms with van der Waals surface area (Å²) in [5.41, 5.74) is 1.79. The molecule has 2 aromatic carbocycles. The molecule has 12 heteroatoms. The van der Waals surface area contributed by atoms with Crippen LogP contribution in [0.3, 0.4) is 0 Å². The Morgan fingerprint density at radius 1 is 0.889 bits per heavy atom. The van der Waals surface area contributed by atoms with E-state index in [4.69, 9.17) is 27.9 Å². The number of sulfonamides is 1. The molecular formula is C24H14Cl2F2N4O3S. The fourth-order valence-electron chi connectivity index (χ4n) is 3.50. The number of fused-ring (bicyclic) bond motifs is 1. The number of nitrogens with zero attached hydrogens (tertiary/aromatic N) is 3. The van der Waals surface area contributed by atoms with E-state index in [0.717, 1.165) is 0 Å². The van der Waals surface area contributed by atoms with Crippen LogP contribution in [0.2, 0.25) is 10.0 Å². The van der Waals surface area contributed by atoms with Crippen LogP contribution >= 0.6 is 23.2 Å². The maximum atomic E-state index is 15.0. The number of benzene rings is 2. The highest BCUT2D eigenvalue weighted by atomic mass is 35.5. The van der Waals surface area contributed by atoms with Gasteiger partial charge in [0.25, 0.3) is 10.0 Å². The second kappa shape index (κ2) is 9.38. The van der Waals surface area contributed by atoms with Crippen molar-refractivity contribution in [3.8, 4) is 22.8 Å². The molecule has 3 aromatic heterocycles. The van der Waals surface area contributed by atoms with E-state index in [2.05, 4.69) is 14.7 Å². The molecule has 0 amide bonds. The Hall–Kier alpha value is -3.73. The van der Waals surface area contributed by atoms with Gasteiger partial charge in [0.15, 0.2) is 11.6 Å². The summed E-state index contributed by atoms with van der Waals surface area (Å²) in [6.45, 7) is 0. The van der Waals surface area contributed by atoms with E-state index in [1.165, 1.54) is 30.5 Å². The highest BCUT2D eigenvalue weighted by molar-refractivity contribution is 7.92. The van der Waals surface area contributed by atoms with Crippen molar-refractivity contribution in [1.82, 2.24) is 14.4 Å². The summed E-state index contributed by atoms with van der Waals surface area (Å²) in [6.07, 6.45) is 4.56. The number of rotatable bonds is 6. The fraction of sp³-hybridized carbons (Fsp3) is 0. The molecule has 0 aliphatic rings. The van der Waals surface area contributed by atoms with Gasteiger partial charge in [-0.3, -0.25) is 9.12 Å². The Bertz CT molecular complexity index is 1710. The molecule has 0 aliphatic heterocycles. The summed E-state index contributed by atoms with van der Waals surface area (Å²) in [5.74, 6) is -2.78. The second-order valence-electron chi connectivity index (χ2n) is 7.49. The largest absolute Gasteiger partial charge is 0.453 e. The number of nitrogens with one attached hydrogen (secondary N) is 1. The van der Waals surface area contributed by atoms with E-state index in [1.54, 1.807) is 41.1 Å². The predicted molar refractivity (Wildman–Crippen MR) is 132 cm³/mol. The lowest BCUT2D eigenvalue weighted by molar-refractivity contribution is 0.433. The summed E-state index contributed by atoms with van der Waals surface area (Å²) < 4.78 is 64.8. The van der Waals surface area contributed by atoms with Crippen molar-refractivity contribution >= 4 is 44.7 Å². The molecule has 0 aliphatic carbocycles. The molecule has 3 heterocycles. The maximum absolute atomic E-state index is 15.0. The average Bonchev–Trinajstić information content (AvgIpc) is 3.33. The minimum absolute atomic E-state index is 0.112. The van der Waals surface area contributed by atoms with Crippen LogP contribution in [-0.2, 0) is 10.0 Å². The zero-order chi connectivity index (χ0) is 25.4. The topological polar surface area (TPSA) is 85.6 Å². The van der Waals surface area contributed by atoms with Gasteiger partial charge in [0, 0.05) is 41.3 Å². The maximum Gasteiger partial charge on any atom is 0.266 e. The monoisotopic (exact) mass is 546 g/mol. The lowest BCUT2D eigenvalue weighted by Crippen LogP contribution is -2.16. The van der Waals surface area contributed by atoms with Crippen molar-refractivity contribution in [3.05, 3.63) is 101 Å². The van der Waals surface area contributed by atoms with Crippen molar-refractivity contribution in [2.45, 2.75) is 4.90 Å². The number of pyridine rings is 2. The zero-order valence-electron chi connectivity index (χ0n) is 18.0. The summed E-state index contributed by atoms with van der Waals surface area (Å²) in [6, 6.07) is 13.9. The van der Waals surface area contributed by atoms with Gasteiger partial charge in [-0.25, -0.2) is 27.2 Å². The standard InChI is InChI=1S/C24H14Cl2F2N4O3S/c25-14-4-6-20(16(10-14)19-2-1-3-24-29-8-9-32(19)24)35-21-11-18(28)22(12-17(21)27)36(33,34)31-23-7-5-15(26)13-30-23/h1-13H,(H,30,31). The zero-order valence-corrected chi connectivity index (χ0v) is 20.3. The fourth-order valence-corrected chi connectivity index (χ4v) is 4.86. The Morgan fingerprint density at radius 2 is 1.69 bits per heavy atom. The van der Waals surface area contributed by atoms with Gasteiger partial charge in [-0.2, -0.15) is 0 Å². The lowest BCUT2D eigenvalue weighted by Gasteiger charge is -2.15. The van der Waals surface area contributed by atoms with Crippen LogP contribution in [0, 0.1) is 11.6 Å². The number of ether oxygens (including phenoxy) is 1. The smallest absolute Gasteiger partial charge is 0.266 e. The van der Waals surface area contributed by atoms with Gasteiger partial charge in [0.2, 0.25) is 0 Å². The van der Waals surface area contributed by atoms with Crippen molar-refractivity contribution in [3.63, 3.8) is 0 Å². The Labute approximate surface area is 214 Å². The highest BCUT2D eigenvalue weighted by Gasteiger charge is 2.24. The Balaban J connectivity index is 1.51. The van der Waals surface area contributed by atoms with Gasteiger partial charge < -0.3 is 4.74 Å². The number of hydrogen-bond acceptors (Lipinski definition) is 5. The molecule has 0 spiro atoms. The molecule has 1 N–H and O–H groups in total. The van der Waals surface area contributed by atoms with Crippen molar-refractivity contribution in [2.75, 3.05) is 4.72 Å². The third-order valence-corrected chi connectivity index (χ3v) is 6.94. The molecule has 0 fully saturated rings. The SMILES string of the molecule is O=S(=O)(Nc1ccc(Cl)cn1)c1cc(F)c(Oc2ccc(Cl)cc2-c2cccc3nccn23)cc1F. The molecule has 36 heavy (non-hydrogen) atoms. The van der Waals surface area contributed by atoms with E-state index in [-0.39, 0.29) is 16.6 Å². The normalized spacial score (nSPS) is 11.6. The van der Waals surface area contributed by atoms with Gasteiger partial charge in [0.05, 0.1) is 10.7 Å². The number of hydrogen-bond donors (Lipinski definition) is 1. The lowest BCUT2D eigenvalue weighted by atomic mass is 10.1. The first kappa shape index (κ1) is 24.0. The third kappa shape index (κ3) is 4.70. The van der Waals surface area contributed by atoms with Gasteiger partial charge in [-0.15, -0.1) is 0 Å². The van der Waals surface area contributed by atoms with Crippen LogP contribution < -0.4 is 9.46 Å². The summed E-state index contributed by atoms with van der Waals surface area (Å²) in [7, 11) is -4.50. The molecule has 5 rings (SSSR count). The van der Waals surface area contributed by atoms with Crippen molar-refractivity contribution in [2.24, 2.45) is 0 Å². The molecule has 0 saturated carbocycles. The highest BCUT2D eigenvalue weighted by Crippen LogP contribution is 2.37. The molecule has 0 bridgehead atoms. The van der Waals surface area contributed by atoms with E-state index in [0.29, 0.717) is 34.1 Å². The number of anilines is 1. The molecule has 0 unspecified atom stereocenters. The summed E-state index contributed by atoms with van der Waals surface area (Å²) >= 11 is 11.9. The van der Waals surface area contributed by atoms with Gasteiger partial charge >= 0.3 is 0 Å². The van der Waals surface area contributed by atoms with E-state index in [9.17, 15) is 17.2 Å². The van der Waals surface area contributed by atoms with Gasteiger partial charge in [0.1, 0.15) is 27.9 Å². The quantitative estimate of drug-likeness (QED) is 0.260. The van der Waals surface area contributed by atoms with E-state index >= 15 is 0 Å². The van der Waals surface area contributed by atoms with E-state index < -0.39 is 32.3 Å². The molecule has 182 valence electrons. The van der Waals surface area contributed by atoms with E-state index in [1.807, 2.05) is 0 Å². The molecule has 0 radical (unpaired) electrons. The van der Waals surface area contributed by atoms with Gasteiger partial charge in [-0.05, 0) is 42.5 Å². The van der Waals surface area contributed by atoms with Gasteiger partial charge in [-0.1, -0.05) is 29.3 Å². The molecule has 0 atom stereocenters. The first-order valence-electron chi connectivity index (χ1n) is 10.2. The minimum atomic E-state index is -4.50. The Morgan fingerprint density at radius 3 is 2.47 bits per heavy atom. The third-order valence-electron chi connectivity index (χ3n) is 5.11. The van der Waals surface area contributed by atoms with Crippen LogP contribution in [0.5, 0.6) is 11.5 Å². The van der Waals surface area contributed by atoms with Crippen LogP contribution in [0.15, 0.2) is 84.1 Å². The minimum Gasteiger partial charge on any atom is -0.453 e. The summed E-state index contributed by atoms with van der Waals surface area (Å²) in [5, 5.41) is 0.673. The molecular weight excluding hydrogens is 533 g/mol. The molecule has 5 aromatic rings. The second-order valence-corrected chi connectivity index (χ2v) is 10.0. The summed E-state index contributed by atoms with van der Waals surface area (Å²) in [4.78, 5) is 7.12. The average molecular weight is 547 g/mol.